The summed E-state index contributed by atoms with van der Waals surface area (Å²) >= 11 is 4.64. The van der Waals surface area contributed by atoms with Crippen molar-refractivity contribution in [3.63, 3.8) is 0 Å². The molecule has 9 nitrogen and oxygen atoms in total. The van der Waals surface area contributed by atoms with Crippen molar-refractivity contribution in [1.82, 2.24) is 19.4 Å². The Morgan fingerprint density at radius 3 is 2.49 bits per heavy atom. The van der Waals surface area contributed by atoms with E-state index < -0.39 is 17.3 Å². The number of pyridine rings is 1. The third-order valence-electron chi connectivity index (χ3n) is 6.89. The number of aromatic nitrogens is 3. The largest absolute Gasteiger partial charge is 0.444 e. The monoisotopic (exact) mass is 593 g/mol. The topological polar surface area (TPSA) is 87.9 Å². The van der Waals surface area contributed by atoms with Gasteiger partial charge in [-0.15, -0.1) is 11.6 Å². The van der Waals surface area contributed by atoms with E-state index in [1.54, 1.807) is 17.2 Å². The number of alkyl halides is 4. The van der Waals surface area contributed by atoms with E-state index in [9.17, 15) is 18.0 Å². The lowest BCUT2D eigenvalue weighted by Crippen LogP contribution is -2.50. The Hall–Kier alpha value is -3.54. The van der Waals surface area contributed by atoms with Gasteiger partial charge in [0.1, 0.15) is 11.4 Å². The summed E-state index contributed by atoms with van der Waals surface area (Å²) in [6.45, 7) is 10.7. The van der Waals surface area contributed by atoms with Crippen LogP contribution in [0.1, 0.15) is 37.5 Å². The first kappa shape index (κ1) is 30.4. The first-order valence-corrected chi connectivity index (χ1v) is 14.1. The van der Waals surface area contributed by atoms with Crippen molar-refractivity contribution in [2.45, 2.75) is 52.6 Å². The summed E-state index contributed by atoms with van der Waals surface area (Å²) in [7, 11) is 0. The van der Waals surface area contributed by atoms with Crippen molar-refractivity contribution in [3.05, 3.63) is 52.6 Å². The molecule has 5 rings (SSSR count). The molecule has 1 N–H and O–H groups in total. The van der Waals surface area contributed by atoms with Crippen molar-refractivity contribution in [1.29, 1.82) is 0 Å². The number of halogens is 4. The maximum atomic E-state index is 13.4. The Labute approximate surface area is 242 Å². The van der Waals surface area contributed by atoms with Crippen molar-refractivity contribution >= 4 is 40.4 Å². The van der Waals surface area contributed by atoms with Gasteiger partial charge in [-0.2, -0.15) is 18.2 Å². The number of amides is 1. The number of benzene rings is 1. The first-order valence-electron chi connectivity index (χ1n) is 13.3. The minimum absolute atomic E-state index is 0.0630. The molecule has 41 heavy (non-hydrogen) atoms. The smallest absolute Gasteiger partial charge is 0.416 e. The van der Waals surface area contributed by atoms with E-state index in [0.717, 1.165) is 29.3 Å². The quantitative estimate of drug-likeness (QED) is 0.420. The normalized spacial score (nSPS) is 15.8. The lowest BCUT2D eigenvalue weighted by molar-refractivity contribution is -0.138. The summed E-state index contributed by atoms with van der Waals surface area (Å²) in [4.78, 5) is 30.3. The second-order valence-corrected chi connectivity index (χ2v) is 10.8. The van der Waals surface area contributed by atoms with Crippen LogP contribution in [0.2, 0.25) is 0 Å². The van der Waals surface area contributed by atoms with Crippen LogP contribution in [0.4, 0.5) is 29.7 Å². The van der Waals surface area contributed by atoms with E-state index in [1.165, 1.54) is 19.4 Å². The highest BCUT2D eigenvalue weighted by atomic mass is 35.5. The minimum Gasteiger partial charge on any atom is -0.444 e. The summed E-state index contributed by atoms with van der Waals surface area (Å²) in [5.41, 5.74) is 0.737. The Morgan fingerprint density at radius 1 is 1.12 bits per heavy atom. The van der Waals surface area contributed by atoms with Gasteiger partial charge in [-0.05, 0) is 51.0 Å². The SMILES string of the molecule is CCl.Cc1c(CN=c2nc3n(c4cnc(N5CCN(C(=O)OC(C)(C)C)CC5)cc24)CCN3)cccc1C(F)(F)F. The van der Waals surface area contributed by atoms with Crippen LogP contribution < -0.4 is 15.7 Å². The Morgan fingerprint density at radius 2 is 1.83 bits per heavy atom. The minimum atomic E-state index is -4.42. The number of hydrogen-bond acceptors (Lipinski definition) is 7. The molecule has 1 fully saturated rings. The number of fused-ring (bicyclic) bond motifs is 3. The summed E-state index contributed by atoms with van der Waals surface area (Å²) < 4.78 is 47.8. The fourth-order valence-electron chi connectivity index (χ4n) is 4.87. The molecule has 2 aliphatic heterocycles. The summed E-state index contributed by atoms with van der Waals surface area (Å²) in [5.74, 6) is 1.38. The third kappa shape index (κ3) is 6.86. The zero-order valence-electron chi connectivity index (χ0n) is 23.8. The molecule has 2 aromatic heterocycles. The molecule has 222 valence electrons. The second-order valence-electron chi connectivity index (χ2n) is 10.8. The molecular formula is C28H35ClF3N7O2. The highest BCUT2D eigenvalue weighted by molar-refractivity contribution is 6.15. The van der Waals surface area contributed by atoms with Gasteiger partial charge < -0.3 is 24.4 Å². The lowest BCUT2D eigenvalue weighted by atomic mass is 10.0. The van der Waals surface area contributed by atoms with Gasteiger partial charge in [0.05, 0.1) is 23.8 Å². The summed E-state index contributed by atoms with van der Waals surface area (Å²) in [6, 6.07) is 6.08. The van der Waals surface area contributed by atoms with E-state index in [4.69, 9.17) is 14.7 Å². The van der Waals surface area contributed by atoms with Crippen LogP contribution in [0.15, 0.2) is 35.5 Å². The number of nitrogens with one attached hydrogen (secondary N) is 1. The number of carbonyl (C=O) groups excluding carboxylic acids is 1. The molecule has 0 atom stereocenters. The number of hydrogen-bond donors (Lipinski definition) is 1. The molecule has 0 aliphatic carbocycles. The van der Waals surface area contributed by atoms with Crippen molar-refractivity contribution < 1.29 is 22.7 Å². The average Bonchev–Trinajstić information content (AvgIpc) is 3.40. The Kier molecular flexibility index (Phi) is 9.00. The van der Waals surface area contributed by atoms with Crippen LogP contribution in [0.3, 0.4) is 0 Å². The van der Waals surface area contributed by atoms with Crippen molar-refractivity contribution in [3.8, 4) is 0 Å². The van der Waals surface area contributed by atoms with Gasteiger partial charge in [0.15, 0.2) is 5.49 Å². The van der Waals surface area contributed by atoms with Crippen molar-refractivity contribution in [2.75, 3.05) is 49.3 Å². The molecule has 0 saturated carbocycles. The zero-order valence-corrected chi connectivity index (χ0v) is 24.6. The highest BCUT2D eigenvalue weighted by Crippen LogP contribution is 2.33. The number of rotatable bonds is 3. The molecule has 2 aliphatic rings. The molecule has 0 bridgehead atoms. The first-order chi connectivity index (χ1) is 19.4. The summed E-state index contributed by atoms with van der Waals surface area (Å²) in [5, 5.41) is 4.01. The average molecular weight is 594 g/mol. The van der Waals surface area contributed by atoms with Crippen LogP contribution in [-0.4, -0.2) is 70.2 Å². The number of ether oxygens (including phenoxy) is 1. The van der Waals surface area contributed by atoms with E-state index in [0.29, 0.717) is 49.7 Å². The maximum Gasteiger partial charge on any atom is 0.416 e. The molecule has 0 spiro atoms. The highest BCUT2D eigenvalue weighted by Gasteiger charge is 2.33. The molecule has 3 aromatic rings. The second kappa shape index (κ2) is 12.1. The van der Waals surface area contributed by atoms with Crippen molar-refractivity contribution in [2.24, 2.45) is 4.99 Å². The van der Waals surface area contributed by atoms with E-state index in [1.807, 2.05) is 31.4 Å². The lowest BCUT2D eigenvalue weighted by Gasteiger charge is -2.36. The van der Waals surface area contributed by atoms with Crippen LogP contribution in [0, 0.1) is 6.92 Å². The van der Waals surface area contributed by atoms with Gasteiger partial charge in [0, 0.05) is 51.0 Å². The zero-order chi connectivity index (χ0) is 29.9. The van der Waals surface area contributed by atoms with Crippen LogP contribution in [0.25, 0.3) is 10.9 Å². The van der Waals surface area contributed by atoms with Gasteiger partial charge in [0.25, 0.3) is 0 Å². The molecule has 4 heterocycles. The van der Waals surface area contributed by atoms with E-state index in [2.05, 4.69) is 26.8 Å². The number of nitrogens with zero attached hydrogens (tertiary/aromatic N) is 6. The molecule has 0 unspecified atom stereocenters. The number of anilines is 2. The van der Waals surface area contributed by atoms with E-state index >= 15 is 0 Å². The van der Waals surface area contributed by atoms with Gasteiger partial charge in [-0.25, -0.2) is 9.78 Å². The Bertz CT molecular complexity index is 1480. The van der Waals surface area contributed by atoms with Crippen LogP contribution >= 0.6 is 11.6 Å². The van der Waals surface area contributed by atoms with E-state index in [-0.39, 0.29) is 18.2 Å². The predicted molar refractivity (Wildman–Crippen MR) is 153 cm³/mol. The maximum absolute atomic E-state index is 13.4. The third-order valence-corrected chi connectivity index (χ3v) is 6.89. The Balaban J connectivity index is 0.00000189. The fourth-order valence-corrected chi connectivity index (χ4v) is 4.87. The van der Waals surface area contributed by atoms with Gasteiger partial charge in [-0.1, -0.05) is 12.1 Å². The molecule has 1 saturated heterocycles. The standard InChI is InChI=1S/C27H32F3N7O2.CH3Cl/c1-17-18(6-5-7-20(17)27(28,29)30)15-33-23-19-14-22(32-16-21(19)37-9-8-31-24(37)34-23)35-10-12-36(13-11-35)25(38)39-26(2,3)4;1-2/h5-7,14,16H,8-13,15H2,1-4H3,(H,31,33,34);1H3. The summed E-state index contributed by atoms with van der Waals surface area (Å²) in [6.07, 6.45) is -1.49. The molecule has 1 amide bonds. The predicted octanol–water partition coefficient (Wildman–Crippen LogP) is 5.20. The number of piperazine rings is 1. The van der Waals surface area contributed by atoms with Gasteiger partial charge >= 0.3 is 12.3 Å². The van der Waals surface area contributed by atoms with Crippen LogP contribution in [0.5, 0.6) is 0 Å². The van der Waals surface area contributed by atoms with Crippen LogP contribution in [-0.2, 0) is 24.0 Å². The van der Waals surface area contributed by atoms with Gasteiger partial charge in [0.2, 0.25) is 5.95 Å². The molecule has 0 radical (unpaired) electrons. The number of carbonyl (C=O) groups is 1. The molecular weight excluding hydrogens is 559 g/mol. The molecule has 13 heteroatoms. The van der Waals surface area contributed by atoms with Gasteiger partial charge in [-0.3, -0.25) is 4.99 Å². The fraction of sp³-hybridized carbons (Fsp3) is 0.500. The molecule has 1 aromatic carbocycles.